The second-order valence-corrected chi connectivity index (χ2v) is 5.89. The molecule has 0 spiro atoms. The maximum absolute atomic E-state index is 12.6. The van der Waals surface area contributed by atoms with Crippen LogP contribution in [0.1, 0.15) is 21.7 Å². The average molecular weight is 321 g/mol. The maximum atomic E-state index is 12.6. The van der Waals surface area contributed by atoms with Gasteiger partial charge in [0.25, 0.3) is 11.7 Å². The normalized spacial score (nSPS) is 10.8. The molecule has 0 fully saturated rings. The van der Waals surface area contributed by atoms with Gasteiger partial charge < -0.3 is 4.90 Å². The Morgan fingerprint density at radius 3 is 2.33 bits per heavy atom. The van der Waals surface area contributed by atoms with E-state index in [1.165, 1.54) is 4.90 Å². The van der Waals surface area contributed by atoms with Gasteiger partial charge in [0, 0.05) is 25.5 Å². The van der Waals surface area contributed by atoms with Gasteiger partial charge in [-0.15, -0.1) is 0 Å². The van der Waals surface area contributed by atoms with Gasteiger partial charge in [0.1, 0.15) is 0 Å². The van der Waals surface area contributed by atoms with Crippen LogP contribution in [0, 0.1) is 13.8 Å². The zero-order valence-corrected chi connectivity index (χ0v) is 14.2. The molecule has 0 radical (unpaired) electrons. The lowest BCUT2D eigenvalue weighted by Crippen LogP contribution is -2.33. The third-order valence-corrected chi connectivity index (χ3v) is 4.36. The van der Waals surface area contributed by atoms with Gasteiger partial charge in [-0.25, -0.2) is 0 Å². The van der Waals surface area contributed by atoms with Gasteiger partial charge in [-0.2, -0.15) is 5.10 Å². The first-order valence-electron chi connectivity index (χ1n) is 7.71. The number of hydrogen-bond acceptors (Lipinski definition) is 3. The van der Waals surface area contributed by atoms with E-state index >= 15 is 0 Å². The quantitative estimate of drug-likeness (QED) is 0.550. The van der Waals surface area contributed by atoms with Crippen LogP contribution in [0.4, 0.5) is 5.69 Å². The highest BCUT2D eigenvalue weighted by Crippen LogP contribution is 2.22. The number of carbonyl (C=O) groups is 2. The van der Waals surface area contributed by atoms with Crippen molar-refractivity contribution in [2.45, 2.75) is 13.8 Å². The summed E-state index contributed by atoms with van der Waals surface area (Å²) < 4.78 is 1.62. The lowest BCUT2D eigenvalue weighted by Gasteiger charge is -2.17. The first kappa shape index (κ1) is 15.9. The van der Waals surface area contributed by atoms with Crippen LogP contribution in [0.3, 0.4) is 0 Å². The van der Waals surface area contributed by atoms with Crippen LogP contribution in [0.25, 0.3) is 10.8 Å². The number of benzene rings is 2. The van der Waals surface area contributed by atoms with Crippen molar-refractivity contribution in [1.29, 1.82) is 0 Å². The van der Waals surface area contributed by atoms with Crippen molar-refractivity contribution in [3.8, 4) is 0 Å². The van der Waals surface area contributed by atoms with E-state index < -0.39 is 11.7 Å². The molecule has 0 aliphatic heterocycles. The van der Waals surface area contributed by atoms with Gasteiger partial charge in [0.15, 0.2) is 0 Å². The molecule has 0 bridgehead atoms. The highest BCUT2D eigenvalue weighted by Gasteiger charge is 2.27. The Morgan fingerprint density at radius 1 is 1.04 bits per heavy atom. The van der Waals surface area contributed by atoms with Gasteiger partial charge in [0.05, 0.1) is 11.3 Å². The SMILES string of the molecule is Cc1nn(C)c(C)c1C(=O)C(=O)N(C)c1ccc2ccccc2c1. The van der Waals surface area contributed by atoms with Crippen LogP contribution >= 0.6 is 0 Å². The lowest BCUT2D eigenvalue weighted by molar-refractivity contribution is -0.114. The smallest absolute Gasteiger partial charge is 0.299 e. The highest BCUT2D eigenvalue weighted by molar-refractivity contribution is 6.47. The third-order valence-electron chi connectivity index (χ3n) is 4.36. The van der Waals surface area contributed by atoms with Crippen molar-refractivity contribution in [3.05, 3.63) is 59.4 Å². The number of hydrogen-bond donors (Lipinski definition) is 0. The van der Waals surface area contributed by atoms with Gasteiger partial charge >= 0.3 is 0 Å². The topological polar surface area (TPSA) is 55.2 Å². The Balaban J connectivity index is 1.94. The minimum atomic E-state index is -0.565. The molecule has 0 aliphatic carbocycles. The second kappa shape index (κ2) is 5.92. The lowest BCUT2D eigenvalue weighted by atomic mass is 10.1. The summed E-state index contributed by atoms with van der Waals surface area (Å²) in [4.78, 5) is 26.7. The fourth-order valence-electron chi connectivity index (χ4n) is 2.86. The maximum Gasteiger partial charge on any atom is 0.299 e. The minimum Gasteiger partial charge on any atom is -0.309 e. The third kappa shape index (κ3) is 2.58. The molecule has 1 aromatic heterocycles. The Hall–Kier alpha value is -2.95. The summed E-state index contributed by atoms with van der Waals surface area (Å²) >= 11 is 0. The van der Waals surface area contributed by atoms with Gasteiger partial charge in [-0.3, -0.25) is 14.3 Å². The number of aryl methyl sites for hydroxylation is 2. The molecule has 0 N–H and O–H groups in total. The van der Waals surface area contributed by atoms with Crippen molar-refractivity contribution in [3.63, 3.8) is 0 Å². The van der Waals surface area contributed by atoms with Crippen LogP contribution in [-0.4, -0.2) is 28.5 Å². The van der Waals surface area contributed by atoms with Crippen molar-refractivity contribution < 1.29 is 9.59 Å². The molecule has 1 amide bonds. The number of ketones is 1. The summed E-state index contributed by atoms with van der Waals surface area (Å²) in [6, 6.07) is 13.6. The molecule has 1 heterocycles. The van der Waals surface area contributed by atoms with Crippen LogP contribution < -0.4 is 4.90 Å². The van der Waals surface area contributed by atoms with Crippen LogP contribution in [0.2, 0.25) is 0 Å². The first-order valence-corrected chi connectivity index (χ1v) is 7.71. The Labute approximate surface area is 140 Å². The summed E-state index contributed by atoms with van der Waals surface area (Å²) in [6.07, 6.45) is 0. The van der Waals surface area contributed by atoms with Crippen molar-refractivity contribution in [2.24, 2.45) is 7.05 Å². The number of Topliss-reactive ketones (excluding diaryl/α,β-unsaturated/α-hetero) is 1. The van der Waals surface area contributed by atoms with Crippen LogP contribution in [0.15, 0.2) is 42.5 Å². The predicted octanol–water partition coefficient (Wildman–Crippen LogP) is 3.04. The molecule has 0 atom stereocenters. The zero-order valence-electron chi connectivity index (χ0n) is 14.2. The molecule has 24 heavy (non-hydrogen) atoms. The van der Waals surface area contributed by atoms with Crippen LogP contribution in [0.5, 0.6) is 0 Å². The van der Waals surface area contributed by atoms with Crippen molar-refractivity contribution in [1.82, 2.24) is 9.78 Å². The van der Waals surface area contributed by atoms with E-state index in [1.54, 1.807) is 32.6 Å². The summed E-state index contributed by atoms with van der Waals surface area (Å²) in [5.41, 5.74) is 2.33. The van der Waals surface area contributed by atoms with Crippen molar-refractivity contribution >= 4 is 28.2 Å². The van der Waals surface area contributed by atoms with Gasteiger partial charge in [-0.05, 0) is 36.8 Å². The predicted molar refractivity (Wildman–Crippen MR) is 94.4 cm³/mol. The van der Waals surface area contributed by atoms with E-state index in [2.05, 4.69) is 5.10 Å². The van der Waals surface area contributed by atoms with E-state index in [9.17, 15) is 9.59 Å². The molecular weight excluding hydrogens is 302 g/mol. The second-order valence-electron chi connectivity index (χ2n) is 5.89. The molecular formula is C19H19N3O2. The zero-order chi connectivity index (χ0) is 17.4. The van der Waals surface area contributed by atoms with Crippen LogP contribution in [-0.2, 0) is 11.8 Å². The number of carbonyl (C=O) groups excluding carboxylic acids is 2. The van der Waals surface area contributed by atoms with Gasteiger partial charge in [0.2, 0.25) is 0 Å². The van der Waals surface area contributed by atoms with E-state index in [4.69, 9.17) is 0 Å². The molecule has 122 valence electrons. The minimum absolute atomic E-state index is 0.384. The molecule has 2 aromatic carbocycles. The van der Waals surface area contributed by atoms with E-state index in [0.29, 0.717) is 22.6 Å². The first-order chi connectivity index (χ1) is 11.4. The molecule has 0 aliphatic rings. The highest BCUT2D eigenvalue weighted by atomic mass is 16.2. The molecule has 3 rings (SSSR count). The monoisotopic (exact) mass is 321 g/mol. The molecule has 5 nitrogen and oxygen atoms in total. The fraction of sp³-hybridized carbons (Fsp3) is 0.211. The summed E-state index contributed by atoms with van der Waals surface area (Å²) in [5.74, 6) is -1.10. The molecule has 3 aromatic rings. The fourth-order valence-corrected chi connectivity index (χ4v) is 2.86. The number of aromatic nitrogens is 2. The Morgan fingerprint density at radius 2 is 1.71 bits per heavy atom. The number of anilines is 1. The van der Waals surface area contributed by atoms with E-state index in [-0.39, 0.29) is 0 Å². The molecule has 0 saturated carbocycles. The number of nitrogens with zero attached hydrogens (tertiary/aromatic N) is 3. The van der Waals surface area contributed by atoms with Gasteiger partial charge in [-0.1, -0.05) is 30.3 Å². The van der Waals surface area contributed by atoms with Crippen molar-refractivity contribution in [2.75, 3.05) is 11.9 Å². The number of amides is 1. The largest absolute Gasteiger partial charge is 0.309 e. The molecule has 0 saturated heterocycles. The number of rotatable bonds is 3. The summed E-state index contributed by atoms with van der Waals surface area (Å²) in [7, 11) is 3.38. The van der Waals surface area contributed by atoms with E-state index in [1.807, 2.05) is 42.5 Å². The Kier molecular flexibility index (Phi) is 3.93. The standard InChI is InChI=1S/C19H19N3O2/c1-12-17(13(2)22(4)20-12)18(23)19(24)21(3)16-10-9-14-7-5-6-8-15(14)11-16/h5-11H,1-4H3. The number of fused-ring (bicyclic) bond motifs is 1. The van der Waals surface area contributed by atoms with E-state index in [0.717, 1.165) is 10.8 Å². The average Bonchev–Trinajstić information content (AvgIpc) is 2.84. The summed E-state index contributed by atoms with van der Waals surface area (Å²) in [6.45, 7) is 3.53. The molecule has 5 heteroatoms. The summed E-state index contributed by atoms with van der Waals surface area (Å²) in [5, 5.41) is 6.33. The number of likely N-dealkylation sites (N-methyl/N-ethyl adjacent to an activating group) is 1. The molecule has 0 unspecified atom stereocenters. The Bertz CT molecular complexity index is 956.